The summed E-state index contributed by atoms with van der Waals surface area (Å²) in [6, 6.07) is 0. The highest BCUT2D eigenvalue weighted by Gasteiger charge is 2.19. The van der Waals surface area contributed by atoms with Crippen molar-refractivity contribution in [1.29, 1.82) is 0 Å². The van der Waals surface area contributed by atoms with E-state index in [0.29, 0.717) is 19.3 Å². The Kier molecular flexibility index (Phi) is 53.0. The topological polar surface area (TPSA) is 78.9 Å². The van der Waals surface area contributed by atoms with Crippen LogP contribution in [0.25, 0.3) is 0 Å². The van der Waals surface area contributed by atoms with Crippen molar-refractivity contribution in [3.63, 3.8) is 0 Å². The smallest absolute Gasteiger partial charge is 0.306 e. The van der Waals surface area contributed by atoms with Crippen LogP contribution >= 0.6 is 0 Å². The molecule has 392 valence electrons. The fraction of sp³-hybridized carbons (Fsp3) is 0.950. The van der Waals surface area contributed by atoms with Crippen molar-refractivity contribution in [3.8, 4) is 0 Å². The predicted octanol–water partition coefficient (Wildman–Crippen LogP) is 19.8. The van der Waals surface area contributed by atoms with Crippen molar-refractivity contribution in [3.05, 3.63) is 0 Å². The lowest BCUT2D eigenvalue weighted by atomic mass is 9.99. The third-order valence-corrected chi connectivity index (χ3v) is 14.2. The number of hydrogen-bond acceptors (Lipinski definition) is 6. The van der Waals surface area contributed by atoms with Crippen LogP contribution in [0.3, 0.4) is 0 Å². The Morgan fingerprint density at radius 2 is 0.530 bits per heavy atom. The standard InChI is InChI=1S/C60H116O6/c1-5-8-10-12-14-16-18-20-22-24-25-27-29-31-37-41-45-49-53-60(63)66-57(55-65-59(62)52-48-44-40-36-33-32-34-38-42-46-50-56(4)7-3)54-64-58(61)51-47-43-39-35-30-28-26-23-21-19-17-15-13-11-9-6-2/h56-57H,5-55H2,1-4H3/t56?,57-/m0/s1. The first-order valence-corrected chi connectivity index (χ1v) is 29.9. The molecular weight excluding hydrogens is 817 g/mol. The number of carbonyl (C=O) groups excluding carboxylic acids is 3. The zero-order valence-corrected chi connectivity index (χ0v) is 45.2. The maximum Gasteiger partial charge on any atom is 0.306 e. The minimum absolute atomic E-state index is 0.0618. The minimum Gasteiger partial charge on any atom is -0.462 e. The van der Waals surface area contributed by atoms with Gasteiger partial charge in [0.25, 0.3) is 0 Å². The van der Waals surface area contributed by atoms with Crippen LogP contribution in [0, 0.1) is 5.92 Å². The number of carbonyl (C=O) groups is 3. The van der Waals surface area contributed by atoms with E-state index in [2.05, 4.69) is 27.7 Å². The largest absolute Gasteiger partial charge is 0.462 e. The molecule has 0 aromatic rings. The van der Waals surface area contributed by atoms with Gasteiger partial charge in [-0.3, -0.25) is 14.4 Å². The summed E-state index contributed by atoms with van der Waals surface area (Å²) in [5.74, 6) is 0.0361. The van der Waals surface area contributed by atoms with Crippen molar-refractivity contribution in [2.75, 3.05) is 13.2 Å². The Hall–Kier alpha value is -1.59. The second kappa shape index (κ2) is 54.4. The maximum absolute atomic E-state index is 12.9. The lowest BCUT2D eigenvalue weighted by Gasteiger charge is -2.18. The van der Waals surface area contributed by atoms with E-state index < -0.39 is 6.10 Å². The molecule has 0 rings (SSSR count). The van der Waals surface area contributed by atoms with Crippen LogP contribution < -0.4 is 0 Å². The first-order valence-electron chi connectivity index (χ1n) is 29.9. The molecule has 1 unspecified atom stereocenters. The van der Waals surface area contributed by atoms with Crippen LogP contribution in [-0.4, -0.2) is 37.2 Å². The van der Waals surface area contributed by atoms with Gasteiger partial charge in [-0.2, -0.15) is 0 Å². The van der Waals surface area contributed by atoms with E-state index in [1.54, 1.807) is 0 Å². The molecule has 0 aromatic heterocycles. The molecule has 0 aliphatic rings. The molecule has 0 spiro atoms. The van der Waals surface area contributed by atoms with Crippen molar-refractivity contribution in [1.82, 2.24) is 0 Å². The zero-order chi connectivity index (χ0) is 48.1. The number of ether oxygens (including phenoxy) is 3. The van der Waals surface area contributed by atoms with Gasteiger partial charge in [0.1, 0.15) is 13.2 Å². The first-order chi connectivity index (χ1) is 32.4. The summed E-state index contributed by atoms with van der Waals surface area (Å²) in [6.45, 7) is 9.09. The third-order valence-electron chi connectivity index (χ3n) is 14.2. The molecule has 0 saturated heterocycles. The Balaban J connectivity index is 4.30. The fourth-order valence-electron chi connectivity index (χ4n) is 9.25. The lowest BCUT2D eigenvalue weighted by molar-refractivity contribution is -0.167. The maximum atomic E-state index is 12.9. The molecule has 0 aromatic carbocycles. The lowest BCUT2D eigenvalue weighted by Crippen LogP contribution is -2.30. The number of unbranched alkanes of at least 4 members (excludes halogenated alkanes) is 41. The van der Waals surface area contributed by atoms with Crippen molar-refractivity contribution in [2.45, 2.75) is 348 Å². The van der Waals surface area contributed by atoms with Crippen LogP contribution in [0.15, 0.2) is 0 Å². The van der Waals surface area contributed by atoms with Crippen LogP contribution in [0.4, 0.5) is 0 Å². The molecule has 0 saturated carbocycles. The number of rotatable bonds is 55. The van der Waals surface area contributed by atoms with Gasteiger partial charge in [-0.15, -0.1) is 0 Å². The van der Waals surface area contributed by atoms with E-state index in [1.807, 2.05) is 0 Å². The molecule has 0 fully saturated rings. The minimum atomic E-state index is -0.762. The van der Waals surface area contributed by atoms with Crippen molar-refractivity contribution < 1.29 is 28.6 Å². The van der Waals surface area contributed by atoms with E-state index in [0.717, 1.165) is 63.7 Å². The quantitative estimate of drug-likeness (QED) is 0.0343. The summed E-state index contributed by atoms with van der Waals surface area (Å²) < 4.78 is 16.9. The highest BCUT2D eigenvalue weighted by atomic mass is 16.6. The van der Waals surface area contributed by atoms with Crippen LogP contribution in [0.2, 0.25) is 0 Å². The molecule has 0 bridgehead atoms. The normalized spacial score (nSPS) is 12.4. The van der Waals surface area contributed by atoms with E-state index in [4.69, 9.17) is 14.2 Å². The average Bonchev–Trinajstić information content (AvgIpc) is 3.32. The third kappa shape index (κ3) is 51.8. The molecule has 0 aliphatic carbocycles. The molecule has 0 amide bonds. The van der Waals surface area contributed by atoms with Gasteiger partial charge in [-0.1, -0.05) is 304 Å². The van der Waals surface area contributed by atoms with E-state index in [1.165, 1.54) is 238 Å². The van der Waals surface area contributed by atoms with Crippen molar-refractivity contribution >= 4 is 17.9 Å². The Labute approximate surface area is 412 Å². The van der Waals surface area contributed by atoms with Crippen LogP contribution in [0.5, 0.6) is 0 Å². The number of hydrogen-bond donors (Lipinski definition) is 0. The second-order valence-electron chi connectivity index (χ2n) is 20.9. The highest BCUT2D eigenvalue weighted by Crippen LogP contribution is 2.19. The zero-order valence-electron chi connectivity index (χ0n) is 45.2. The summed E-state index contributed by atoms with van der Waals surface area (Å²) in [5.41, 5.74) is 0. The molecule has 66 heavy (non-hydrogen) atoms. The van der Waals surface area contributed by atoms with Gasteiger partial charge in [-0.25, -0.2) is 0 Å². The SMILES string of the molecule is CCCCCCCCCCCCCCCCCCCCC(=O)O[C@@H](COC(=O)CCCCCCCCCCCCCCCCCC)COC(=O)CCCCCCCCCCCCC(C)CC. The molecule has 0 aliphatic heterocycles. The monoisotopic (exact) mass is 933 g/mol. The summed E-state index contributed by atoms with van der Waals surface area (Å²) in [5, 5.41) is 0. The van der Waals surface area contributed by atoms with Gasteiger partial charge in [0.2, 0.25) is 0 Å². The Morgan fingerprint density at radius 1 is 0.303 bits per heavy atom. The molecule has 0 radical (unpaired) electrons. The van der Waals surface area contributed by atoms with Crippen LogP contribution in [-0.2, 0) is 28.6 Å². The molecule has 6 nitrogen and oxygen atoms in total. The van der Waals surface area contributed by atoms with Gasteiger partial charge >= 0.3 is 17.9 Å². The highest BCUT2D eigenvalue weighted by molar-refractivity contribution is 5.71. The van der Waals surface area contributed by atoms with Gasteiger partial charge in [0, 0.05) is 19.3 Å². The summed E-state index contributed by atoms with van der Waals surface area (Å²) >= 11 is 0. The van der Waals surface area contributed by atoms with Gasteiger partial charge in [0.15, 0.2) is 6.10 Å². The second-order valence-corrected chi connectivity index (χ2v) is 20.9. The summed E-state index contributed by atoms with van der Waals surface area (Å²) in [7, 11) is 0. The first kappa shape index (κ1) is 64.4. The summed E-state index contributed by atoms with van der Waals surface area (Å²) in [4.78, 5) is 38.2. The van der Waals surface area contributed by atoms with Crippen LogP contribution in [0.1, 0.15) is 342 Å². The molecule has 6 heteroatoms. The molecular formula is C60H116O6. The van der Waals surface area contributed by atoms with E-state index in [-0.39, 0.29) is 31.1 Å². The Morgan fingerprint density at radius 3 is 0.788 bits per heavy atom. The molecule has 0 N–H and O–H groups in total. The molecule has 0 heterocycles. The van der Waals surface area contributed by atoms with Gasteiger partial charge in [0.05, 0.1) is 0 Å². The number of esters is 3. The predicted molar refractivity (Wildman–Crippen MR) is 284 cm³/mol. The fourth-order valence-corrected chi connectivity index (χ4v) is 9.25. The average molecular weight is 934 g/mol. The van der Waals surface area contributed by atoms with Gasteiger partial charge < -0.3 is 14.2 Å². The summed E-state index contributed by atoms with van der Waals surface area (Å²) in [6.07, 6.45) is 59.4. The molecule has 2 atom stereocenters. The van der Waals surface area contributed by atoms with Crippen molar-refractivity contribution in [2.24, 2.45) is 5.92 Å². The van der Waals surface area contributed by atoms with Gasteiger partial charge in [-0.05, 0) is 25.2 Å². The van der Waals surface area contributed by atoms with E-state index in [9.17, 15) is 14.4 Å². The Bertz CT molecular complexity index is 998. The van der Waals surface area contributed by atoms with E-state index >= 15 is 0 Å².